The average molecular weight is 213 g/mol. The van der Waals surface area contributed by atoms with Crippen molar-refractivity contribution in [2.45, 2.75) is 38.6 Å². The van der Waals surface area contributed by atoms with Crippen LogP contribution in [0.15, 0.2) is 0 Å². The van der Waals surface area contributed by atoms with E-state index in [-0.39, 0.29) is 5.97 Å². The van der Waals surface area contributed by atoms with Gasteiger partial charge in [0.05, 0.1) is 13.2 Å². The number of rotatable bonds is 4. The molecule has 1 aliphatic carbocycles. The van der Waals surface area contributed by atoms with Crippen molar-refractivity contribution in [3.05, 3.63) is 0 Å². The van der Waals surface area contributed by atoms with Crippen molar-refractivity contribution in [3.8, 4) is 0 Å². The summed E-state index contributed by atoms with van der Waals surface area (Å²) in [6.45, 7) is 2.56. The first-order valence-electron chi connectivity index (χ1n) is 5.51. The third-order valence-corrected chi connectivity index (χ3v) is 2.82. The molecule has 4 heteroatoms. The Kier molecular flexibility index (Phi) is 4.75. The fourth-order valence-electron chi connectivity index (χ4n) is 1.90. The van der Waals surface area contributed by atoms with Crippen LogP contribution in [0.25, 0.3) is 0 Å². The van der Waals surface area contributed by atoms with Crippen LogP contribution in [0.3, 0.4) is 0 Å². The van der Waals surface area contributed by atoms with Crippen LogP contribution in [0.4, 0.5) is 0 Å². The Morgan fingerprint density at radius 1 is 1.47 bits per heavy atom. The Bertz CT molecular complexity index is 230. The van der Waals surface area contributed by atoms with E-state index in [0.29, 0.717) is 37.8 Å². The van der Waals surface area contributed by atoms with Gasteiger partial charge in [-0.1, -0.05) is 0 Å². The molecule has 1 saturated carbocycles. The second kappa shape index (κ2) is 5.85. The van der Waals surface area contributed by atoms with E-state index in [4.69, 9.17) is 4.74 Å². The summed E-state index contributed by atoms with van der Waals surface area (Å²) in [6.07, 6.45) is 3.04. The molecule has 0 N–H and O–H groups in total. The van der Waals surface area contributed by atoms with Crippen LogP contribution in [0.5, 0.6) is 0 Å². The Labute approximate surface area is 90.6 Å². The number of Topliss-reactive ketones (excluding diaryl/α,β-unsaturated/α-hetero) is 1. The third-order valence-electron chi connectivity index (χ3n) is 2.82. The molecule has 0 spiro atoms. The molecule has 0 saturated heterocycles. The van der Waals surface area contributed by atoms with Gasteiger partial charge in [0.1, 0.15) is 5.78 Å². The lowest BCUT2D eigenvalue weighted by atomic mass is 9.93. The third kappa shape index (κ3) is 4.00. The summed E-state index contributed by atoms with van der Waals surface area (Å²) in [5.41, 5.74) is 0. The second-order valence-electron chi connectivity index (χ2n) is 3.99. The highest BCUT2D eigenvalue weighted by Gasteiger charge is 2.23. The fourth-order valence-corrected chi connectivity index (χ4v) is 1.90. The number of ketones is 1. The lowest BCUT2D eigenvalue weighted by Gasteiger charge is -2.29. The molecule has 0 heterocycles. The number of hydrogen-bond acceptors (Lipinski definition) is 4. The van der Waals surface area contributed by atoms with Crippen molar-refractivity contribution in [3.63, 3.8) is 0 Å². The Morgan fingerprint density at radius 3 is 2.60 bits per heavy atom. The van der Waals surface area contributed by atoms with Crippen molar-refractivity contribution >= 4 is 11.8 Å². The number of carbonyl (C=O) groups excluding carboxylic acids is 2. The largest absolute Gasteiger partial charge is 0.465 e. The Hall–Kier alpha value is -0.900. The number of hydrogen-bond donors (Lipinski definition) is 0. The fraction of sp³-hybridized carbons (Fsp3) is 0.818. The van der Waals surface area contributed by atoms with Gasteiger partial charge in [-0.3, -0.25) is 14.5 Å². The molecule has 86 valence electrons. The minimum Gasteiger partial charge on any atom is -0.465 e. The summed E-state index contributed by atoms with van der Waals surface area (Å²) in [6, 6.07) is 0.354. The summed E-state index contributed by atoms with van der Waals surface area (Å²) < 4.78 is 4.88. The smallest absolute Gasteiger partial charge is 0.320 e. The van der Waals surface area contributed by atoms with Crippen LogP contribution >= 0.6 is 0 Å². The van der Waals surface area contributed by atoms with Gasteiger partial charge in [0, 0.05) is 18.9 Å². The van der Waals surface area contributed by atoms with Crippen molar-refractivity contribution in [2.75, 3.05) is 20.2 Å². The number of likely N-dealkylation sites (N-methyl/N-ethyl adjacent to an activating group) is 1. The Morgan fingerprint density at radius 2 is 2.07 bits per heavy atom. The summed E-state index contributed by atoms with van der Waals surface area (Å²) >= 11 is 0. The molecule has 0 radical (unpaired) electrons. The summed E-state index contributed by atoms with van der Waals surface area (Å²) in [5.74, 6) is 0.160. The van der Waals surface area contributed by atoms with Gasteiger partial charge in [0.25, 0.3) is 0 Å². The molecule has 0 aromatic rings. The van der Waals surface area contributed by atoms with Gasteiger partial charge in [-0.25, -0.2) is 0 Å². The molecular weight excluding hydrogens is 194 g/mol. The molecule has 1 rings (SSSR count). The normalized spacial score (nSPS) is 18.2. The average Bonchev–Trinajstić information content (AvgIpc) is 2.18. The molecule has 0 aliphatic heterocycles. The highest BCUT2D eigenvalue weighted by atomic mass is 16.5. The van der Waals surface area contributed by atoms with E-state index in [1.165, 1.54) is 0 Å². The maximum absolute atomic E-state index is 11.2. The quantitative estimate of drug-likeness (QED) is 0.653. The van der Waals surface area contributed by atoms with Crippen LogP contribution in [0.2, 0.25) is 0 Å². The molecule has 0 unspecified atom stereocenters. The van der Waals surface area contributed by atoms with Gasteiger partial charge in [-0.15, -0.1) is 0 Å². The topological polar surface area (TPSA) is 46.6 Å². The van der Waals surface area contributed by atoms with E-state index in [9.17, 15) is 9.59 Å². The van der Waals surface area contributed by atoms with Crippen molar-refractivity contribution in [2.24, 2.45) is 0 Å². The van der Waals surface area contributed by atoms with E-state index in [1.54, 1.807) is 6.92 Å². The molecule has 0 aromatic heterocycles. The molecule has 0 amide bonds. The molecule has 0 atom stereocenters. The monoisotopic (exact) mass is 213 g/mol. The molecule has 0 aromatic carbocycles. The van der Waals surface area contributed by atoms with Gasteiger partial charge < -0.3 is 4.74 Å². The standard InChI is InChI=1S/C11H19NO3/c1-3-15-11(14)8-12(2)9-4-6-10(13)7-5-9/h9H,3-8H2,1-2H3. The predicted octanol–water partition coefficient (Wildman–Crippen LogP) is 0.993. The van der Waals surface area contributed by atoms with E-state index in [1.807, 2.05) is 11.9 Å². The zero-order valence-corrected chi connectivity index (χ0v) is 9.49. The van der Waals surface area contributed by atoms with Crippen molar-refractivity contribution in [1.29, 1.82) is 0 Å². The first-order valence-corrected chi connectivity index (χ1v) is 5.51. The number of carbonyl (C=O) groups is 2. The number of esters is 1. The van der Waals surface area contributed by atoms with Crippen LogP contribution in [0.1, 0.15) is 32.6 Å². The molecule has 4 nitrogen and oxygen atoms in total. The maximum Gasteiger partial charge on any atom is 0.320 e. The summed E-state index contributed by atoms with van der Waals surface area (Å²) in [5, 5.41) is 0. The lowest BCUT2D eigenvalue weighted by Crippen LogP contribution is -2.39. The highest BCUT2D eigenvalue weighted by Crippen LogP contribution is 2.19. The van der Waals surface area contributed by atoms with Gasteiger partial charge in [0.2, 0.25) is 0 Å². The zero-order valence-electron chi connectivity index (χ0n) is 9.49. The number of ether oxygens (including phenoxy) is 1. The van der Waals surface area contributed by atoms with Crippen molar-refractivity contribution < 1.29 is 14.3 Å². The van der Waals surface area contributed by atoms with Gasteiger partial charge >= 0.3 is 5.97 Å². The first-order chi connectivity index (χ1) is 7.13. The SMILES string of the molecule is CCOC(=O)CN(C)C1CCC(=O)CC1. The second-order valence-corrected chi connectivity index (χ2v) is 3.99. The molecule has 1 aliphatic rings. The Balaban J connectivity index is 2.30. The minimum absolute atomic E-state index is 0.183. The van der Waals surface area contributed by atoms with Gasteiger partial charge in [-0.05, 0) is 26.8 Å². The summed E-state index contributed by atoms with van der Waals surface area (Å²) in [7, 11) is 1.91. The lowest BCUT2D eigenvalue weighted by molar-refractivity contribution is -0.144. The molecular formula is C11H19NO3. The summed E-state index contributed by atoms with van der Waals surface area (Å²) in [4.78, 5) is 24.3. The van der Waals surface area contributed by atoms with E-state index in [0.717, 1.165) is 12.8 Å². The van der Waals surface area contributed by atoms with E-state index >= 15 is 0 Å². The zero-order chi connectivity index (χ0) is 11.3. The van der Waals surface area contributed by atoms with E-state index < -0.39 is 0 Å². The predicted molar refractivity (Wildman–Crippen MR) is 56.5 cm³/mol. The number of nitrogens with zero attached hydrogens (tertiary/aromatic N) is 1. The van der Waals surface area contributed by atoms with Gasteiger partial charge in [0.15, 0.2) is 0 Å². The van der Waals surface area contributed by atoms with Crippen LogP contribution in [-0.4, -0.2) is 42.9 Å². The first kappa shape index (κ1) is 12.2. The minimum atomic E-state index is -0.183. The van der Waals surface area contributed by atoms with E-state index in [2.05, 4.69) is 0 Å². The van der Waals surface area contributed by atoms with Crippen LogP contribution in [0, 0.1) is 0 Å². The molecule has 0 bridgehead atoms. The van der Waals surface area contributed by atoms with Crippen LogP contribution < -0.4 is 0 Å². The molecule has 1 fully saturated rings. The van der Waals surface area contributed by atoms with Crippen molar-refractivity contribution in [1.82, 2.24) is 4.90 Å². The maximum atomic E-state index is 11.2. The van der Waals surface area contributed by atoms with Crippen LogP contribution in [-0.2, 0) is 14.3 Å². The molecule has 15 heavy (non-hydrogen) atoms. The van der Waals surface area contributed by atoms with Gasteiger partial charge in [-0.2, -0.15) is 0 Å². The highest BCUT2D eigenvalue weighted by molar-refractivity contribution is 5.79.